The van der Waals surface area contributed by atoms with E-state index in [1.807, 2.05) is 6.92 Å². The van der Waals surface area contributed by atoms with Gasteiger partial charge >= 0.3 is 0 Å². The number of hydrogen-bond acceptors (Lipinski definition) is 4. The molecule has 0 aliphatic rings. The first-order valence-corrected chi connectivity index (χ1v) is 8.79. The Bertz CT molecular complexity index is 764. The molecular weight excluding hydrogens is 339 g/mol. The van der Waals surface area contributed by atoms with Gasteiger partial charge in [-0.2, -0.15) is 0 Å². The largest absolute Gasteiger partial charge is 0.292 e. The van der Waals surface area contributed by atoms with Gasteiger partial charge in [-0.15, -0.1) is 11.3 Å². The molecule has 0 aliphatic carbocycles. The molecule has 1 aromatic heterocycles. The maximum atomic E-state index is 12.2. The molecular formula is C13H10Cl2O3S2. The summed E-state index contributed by atoms with van der Waals surface area (Å²) in [5.41, 5.74) is 0. The van der Waals surface area contributed by atoms with Crippen LogP contribution in [-0.2, 0) is 9.84 Å². The minimum absolute atomic E-state index is 0.00599. The standard InChI is InChI=1S/C13H10Cl2O3S2/c1-8-2-5-13(19-8)12(16)7-20(17,18)9-3-4-10(14)11(15)6-9/h2-6H,7H2,1H3. The summed E-state index contributed by atoms with van der Waals surface area (Å²) < 4.78 is 24.3. The lowest BCUT2D eigenvalue weighted by Gasteiger charge is -2.04. The van der Waals surface area contributed by atoms with E-state index in [0.29, 0.717) is 4.88 Å². The summed E-state index contributed by atoms with van der Waals surface area (Å²) in [5, 5.41) is 0.415. The van der Waals surface area contributed by atoms with Crippen molar-refractivity contribution in [1.82, 2.24) is 0 Å². The number of Topliss-reactive ketones (excluding diaryl/α,β-unsaturated/α-hetero) is 1. The third kappa shape index (κ3) is 3.41. The van der Waals surface area contributed by atoms with Crippen LogP contribution in [0, 0.1) is 6.92 Å². The van der Waals surface area contributed by atoms with Crippen molar-refractivity contribution in [1.29, 1.82) is 0 Å². The molecule has 7 heteroatoms. The van der Waals surface area contributed by atoms with Crippen molar-refractivity contribution in [3.63, 3.8) is 0 Å². The Hall–Kier alpha value is -0.880. The third-order valence-electron chi connectivity index (χ3n) is 2.59. The number of sulfone groups is 1. The Morgan fingerprint density at radius 3 is 2.40 bits per heavy atom. The van der Waals surface area contributed by atoms with Gasteiger partial charge in [0.05, 0.1) is 19.8 Å². The molecule has 1 heterocycles. The molecule has 0 radical (unpaired) electrons. The molecule has 0 atom stereocenters. The first-order valence-electron chi connectivity index (χ1n) is 5.57. The number of thiophene rings is 1. The summed E-state index contributed by atoms with van der Waals surface area (Å²) in [7, 11) is -3.72. The number of halogens is 2. The van der Waals surface area contributed by atoms with Crippen LogP contribution in [0.2, 0.25) is 10.0 Å². The molecule has 2 rings (SSSR count). The summed E-state index contributed by atoms with van der Waals surface area (Å²) in [6.45, 7) is 1.86. The summed E-state index contributed by atoms with van der Waals surface area (Å²) in [5.74, 6) is -1.00. The minimum Gasteiger partial charge on any atom is -0.292 e. The molecule has 0 saturated heterocycles. The SMILES string of the molecule is Cc1ccc(C(=O)CS(=O)(=O)c2ccc(Cl)c(Cl)c2)s1. The van der Waals surface area contributed by atoms with Crippen molar-refractivity contribution in [3.8, 4) is 0 Å². The molecule has 3 nitrogen and oxygen atoms in total. The fraction of sp³-hybridized carbons (Fsp3) is 0.154. The van der Waals surface area contributed by atoms with E-state index in [2.05, 4.69) is 0 Å². The van der Waals surface area contributed by atoms with Gasteiger partial charge in [0.2, 0.25) is 0 Å². The van der Waals surface area contributed by atoms with Crippen molar-refractivity contribution in [2.75, 3.05) is 5.75 Å². The highest BCUT2D eigenvalue weighted by molar-refractivity contribution is 7.92. The Balaban J connectivity index is 2.27. The van der Waals surface area contributed by atoms with E-state index in [-0.39, 0.29) is 14.9 Å². The second kappa shape index (κ2) is 5.85. The second-order valence-electron chi connectivity index (χ2n) is 4.17. The zero-order valence-corrected chi connectivity index (χ0v) is 13.5. The van der Waals surface area contributed by atoms with Crippen LogP contribution in [0.25, 0.3) is 0 Å². The van der Waals surface area contributed by atoms with E-state index in [1.165, 1.54) is 29.5 Å². The van der Waals surface area contributed by atoms with Crippen LogP contribution in [0.15, 0.2) is 35.2 Å². The number of aryl methyl sites for hydroxylation is 1. The van der Waals surface area contributed by atoms with E-state index >= 15 is 0 Å². The molecule has 0 fully saturated rings. The van der Waals surface area contributed by atoms with E-state index in [0.717, 1.165) is 4.88 Å². The van der Waals surface area contributed by atoms with Gasteiger partial charge in [-0.1, -0.05) is 23.2 Å². The van der Waals surface area contributed by atoms with Gasteiger partial charge in [0.25, 0.3) is 0 Å². The predicted molar refractivity (Wildman–Crippen MR) is 81.9 cm³/mol. The fourth-order valence-electron chi connectivity index (χ4n) is 1.58. The minimum atomic E-state index is -3.72. The van der Waals surface area contributed by atoms with Gasteiger partial charge in [-0.05, 0) is 37.3 Å². The monoisotopic (exact) mass is 348 g/mol. The van der Waals surface area contributed by atoms with E-state index in [9.17, 15) is 13.2 Å². The summed E-state index contributed by atoms with van der Waals surface area (Å²) >= 11 is 12.8. The molecule has 106 valence electrons. The number of carbonyl (C=O) groups is 1. The topological polar surface area (TPSA) is 51.2 Å². The lowest BCUT2D eigenvalue weighted by molar-refractivity contribution is 0.102. The molecule has 0 saturated carbocycles. The average molecular weight is 349 g/mol. The van der Waals surface area contributed by atoms with Crippen molar-refractivity contribution in [3.05, 3.63) is 50.1 Å². The molecule has 0 amide bonds. The fourth-order valence-corrected chi connectivity index (χ4v) is 4.08. The second-order valence-corrected chi connectivity index (χ2v) is 8.26. The quantitative estimate of drug-likeness (QED) is 0.784. The highest BCUT2D eigenvalue weighted by Gasteiger charge is 2.22. The highest BCUT2D eigenvalue weighted by Crippen LogP contribution is 2.26. The number of ketones is 1. The van der Waals surface area contributed by atoms with Crippen LogP contribution in [0.1, 0.15) is 14.5 Å². The number of rotatable bonds is 4. The number of hydrogen-bond donors (Lipinski definition) is 0. The summed E-state index contributed by atoms with van der Waals surface area (Å²) in [4.78, 5) is 13.4. The van der Waals surface area contributed by atoms with Crippen LogP contribution < -0.4 is 0 Å². The first kappa shape index (κ1) is 15.5. The van der Waals surface area contributed by atoms with Gasteiger partial charge in [0.1, 0.15) is 5.75 Å². The average Bonchev–Trinajstić information content (AvgIpc) is 2.79. The molecule has 2 aromatic rings. The molecule has 0 bridgehead atoms. The Kier molecular flexibility index (Phi) is 4.54. The zero-order chi connectivity index (χ0) is 14.9. The van der Waals surface area contributed by atoms with Gasteiger partial charge in [-0.3, -0.25) is 4.79 Å². The van der Waals surface area contributed by atoms with E-state index in [1.54, 1.807) is 12.1 Å². The molecule has 0 N–H and O–H groups in total. The number of carbonyl (C=O) groups excluding carboxylic acids is 1. The predicted octanol–water partition coefficient (Wildman–Crippen LogP) is 4.02. The van der Waals surface area contributed by atoms with Crippen LogP contribution in [0.5, 0.6) is 0 Å². The summed E-state index contributed by atoms with van der Waals surface area (Å²) in [6.07, 6.45) is 0. The lowest BCUT2D eigenvalue weighted by Crippen LogP contribution is -2.15. The maximum absolute atomic E-state index is 12.2. The first-order chi connectivity index (χ1) is 9.29. The van der Waals surface area contributed by atoms with Crippen molar-refractivity contribution in [2.45, 2.75) is 11.8 Å². The van der Waals surface area contributed by atoms with Gasteiger partial charge in [-0.25, -0.2) is 8.42 Å². The van der Waals surface area contributed by atoms with Crippen LogP contribution in [-0.4, -0.2) is 20.0 Å². The normalized spacial score (nSPS) is 11.6. The summed E-state index contributed by atoms with van der Waals surface area (Å²) in [6, 6.07) is 7.41. The molecule has 1 aromatic carbocycles. The zero-order valence-electron chi connectivity index (χ0n) is 10.4. The molecule has 0 aliphatic heterocycles. The smallest absolute Gasteiger partial charge is 0.188 e. The number of benzene rings is 1. The Morgan fingerprint density at radius 2 is 1.85 bits per heavy atom. The third-order valence-corrected chi connectivity index (χ3v) is 5.98. The molecule has 0 spiro atoms. The van der Waals surface area contributed by atoms with Gasteiger partial charge < -0.3 is 0 Å². The maximum Gasteiger partial charge on any atom is 0.188 e. The highest BCUT2D eigenvalue weighted by atomic mass is 35.5. The van der Waals surface area contributed by atoms with Crippen molar-refractivity contribution >= 4 is 50.2 Å². The Labute approximate surface area is 131 Å². The van der Waals surface area contributed by atoms with Crippen molar-refractivity contribution < 1.29 is 13.2 Å². The van der Waals surface area contributed by atoms with Crippen LogP contribution in [0.3, 0.4) is 0 Å². The molecule has 0 unspecified atom stereocenters. The van der Waals surface area contributed by atoms with Gasteiger partial charge in [0.15, 0.2) is 15.6 Å². The van der Waals surface area contributed by atoms with Gasteiger partial charge in [0, 0.05) is 4.88 Å². The van der Waals surface area contributed by atoms with Crippen LogP contribution in [0.4, 0.5) is 0 Å². The molecule has 20 heavy (non-hydrogen) atoms. The van der Waals surface area contributed by atoms with Crippen molar-refractivity contribution in [2.24, 2.45) is 0 Å². The van der Waals surface area contributed by atoms with Crippen LogP contribution >= 0.6 is 34.5 Å². The van der Waals surface area contributed by atoms with E-state index in [4.69, 9.17) is 23.2 Å². The van der Waals surface area contributed by atoms with E-state index < -0.39 is 21.4 Å². The lowest BCUT2D eigenvalue weighted by atomic mass is 10.3. The Morgan fingerprint density at radius 1 is 1.15 bits per heavy atom.